The second-order valence-electron chi connectivity index (χ2n) is 6.34. The smallest absolute Gasteiger partial charge is 0.413 e. The fraction of sp³-hybridized carbons (Fsp3) is 0.250. The van der Waals surface area contributed by atoms with Gasteiger partial charge in [-0.15, -0.1) is 0 Å². The second-order valence-corrected chi connectivity index (χ2v) is 6.75. The molecule has 0 radical (unpaired) electrons. The molecule has 2 aromatic carbocycles. The number of halogens is 1. The molecule has 0 bridgehead atoms. The molecule has 1 aliphatic heterocycles. The van der Waals surface area contributed by atoms with Gasteiger partial charge in [-0.3, -0.25) is 9.89 Å². The fourth-order valence-corrected chi connectivity index (χ4v) is 3.09. The largest absolute Gasteiger partial charge is 0.465 e. The highest BCUT2D eigenvalue weighted by molar-refractivity contribution is 6.31. The predicted octanol–water partition coefficient (Wildman–Crippen LogP) is 3.85. The summed E-state index contributed by atoms with van der Waals surface area (Å²) >= 11 is 6.36. The number of carboxylic acid groups (broad SMARTS) is 1. The van der Waals surface area contributed by atoms with Crippen molar-refractivity contribution < 1.29 is 19.4 Å². The monoisotopic (exact) mass is 401 g/mol. The van der Waals surface area contributed by atoms with Crippen LogP contribution in [0.2, 0.25) is 5.02 Å². The first kappa shape index (κ1) is 19.7. The number of ether oxygens (including phenoxy) is 1. The van der Waals surface area contributed by atoms with Crippen LogP contribution in [-0.4, -0.2) is 53.1 Å². The first-order valence-corrected chi connectivity index (χ1v) is 9.09. The SMILES string of the molecule is CN(Cc1ccc(C2=NCCN2C(=O)O)cc1Cl)C(=O)OCc1ccccc1. The van der Waals surface area contributed by atoms with E-state index in [1.165, 1.54) is 9.80 Å². The number of carbonyl (C=O) groups excluding carboxylic acids is 1. The van der Waals surface area contributed by atoms with Crippen LogP contribution in [0.15, 0.2) is 53.5 Å². The molecule has 0 aliphatic carbocycles. The van der Waals surface area contributed by atoms with Crippen molar-refractivity contribution in [1.29, 1.82) is 0 Å². The number of hydrogen-bond acceptors (Lipinski definition) is 4. The minimum absolute atomic E-state index is 0.196. The lowest BCUT2D eigenvalue weighted by Crippen LogP contribution is -2.33. The van der Waals surface area contributed by atoms with Crippen LogP contribution in [-0.2, 0) is 17.9 Å². The Balaban J connectivity index is 1.62. The molecule has 2 aromatic rings. The van der Waals surface area contributed by atoms with Crippen LogP contribution in [0.3, 0.4) is 0 Å². The van der Waals surface area contributed by atoms with Gasteiger partial charge in [-0.25, -0.2) is 9.59 Å². The predicted molar refractivity (Wildman–Crippen MR) is 106 cm³/mol. The van der Waals surface area contributed by atoms with Gasteiger partial charge < -0.3 is 14.7 Å². The minimum atomic E-state index is -1.04. The van der Waals surface area contributed by atoms with Crippen molar-refractivity contribution in [2.24, 2.45) is 4.99 Å². The van der Waals surface area contributed by atoms with Crippen molar-refractivity contribution in [3.8, 4) is 0 Å². The molecule has 0 spiro atoms. The van der Waals surface area contributed by atoms with Crippen molar-refractivity contribution in [3.05, 3.63) is 70.2 Å². The number of nitrogens with zero attached hydrogens (tertiary/aromatic N) is 3. The summed E-state index contributed by atoms with van der Waals surface area (Å²) in [5.41, 5.74) is 2.26. The Bertz CT molecular complexity index is 902. The molecule has 1 heterocycles. The number of hydrogen-bond donors (Lipinski definition) is 1. The minimum Gasteiger partial charge on any atom is -0.465 e. The highest BCUT2D eigenvalue weighted by Gasteiger charge is 2.24. The lowest BCUT2D eigenvalue weighted by molar-refractivity contribution is 0.103. The maximum Gasteiger partial charge on any atom is 0.413 e. The molecule has 0 saturated heterocycles. The highest BCUT2D eigenvalue weighted by atomic mass is 35.5. The molecule has 1 N–H and O–H groups in total. The van der Waals surface area contributed by atoms with Crippen molar-refractivity contribution in [2.75, 3.05) is 20.1 Å². The molecule has 0 atom stereocenters. The summed E-state index contributed by atoms with van der Waals surface area (Å²) in [7, 11) is 1.63. The van der Waals surface area contributed by atoms with Crippen LogP contribution in [0.5, 0.6) is 0 Å². The van der Waals surface area contributed by atoms with E-state index < -0.39 is 12.2 Å². The average molecular weight is 402 g/mol. The summed E-state index contributed by atoms with van der Waals surface area (Å²) in [6, 6.07) is 14.6. The molecular formula is C20H20ClN3O4. The summed E-state index contributed by atoms with van der Waals surface area (Å²) in [6.07, 6.45) is -1.50. The Hall–Kier alpha value is -3.06. The van der Waals surface area contributed by atoms with Gasteiger partial charge in [-0.05, 0) is 17.2 Å². The summed E-state index contributed by atoms with van der Waals surface area (Å²) in [4.78, 5) is 30.3. The van der Waals surface area contributed by atoms with Gasteiger partial charge in [0.05, 0.1) is 19.6 Å². The summed E-state index contributed by atoms with van der Waals surface area (Å²) < 4.78 is 5.30. The molecule has 28 heavy (non-hydrogen) atoms. The Morgan fingerprint density at radius 2 is 2.00 bits per heavy atom. The zero-order chi connectivity index (χ0) is 20.1. The van der Waals surface area contributed by atoms with E-state index in [-0.39, 0.29) is 13.2 Å². The molecule has 0 fully saturated rings. The number of carbonyl (C=O) groups is 2. The number of benzene rings is 2. The molecule has 8 heteroatoms. The van der Waals surface area contributed by atoms with Gasteiger partial charge in [-0.1, -0.05) is 54.1 Å². The van der Waals surface area contributed by atoms with Crippen LogP contribution >= 0.6 is 11.6 Å². The molecule has 0 unspecified atom stereocenters. The van der Waals surface area contributed by atoms with E-state index in [1.54, 1.807) is 25.2 Å². The van der Waals surface area contributed by atoms with E-state index in [9.17, 15) is 14.7 Å². The van der Waals surface area contributed by atoms with Gasteiger partial charge in [0.15, 0.2) is 0 Å². The Morgan fingerprint density at radius 3 is 2.68 bits per heavy atom. The van der Waals surface area contributed by atoms with E-state index >= 15 is 0 Å². The maximum atomic E-state index is 12.2. The van der Waals surface area contributed by atoms with Gasteiger partial charge in [0.2, 0.25) is 0 Å². The van der Waals surface area contributed by atoms with Gasteiger partial charge in [0, 0.05) is 17.6 Å². The molecule has 0 aromatic heterocycles. The Kier molecular flexibility index (Phi) is 6.16. The summed E-state index contributed by atoms with van der Waals surface area (Å²) in [5, 5.41) is 9.67. The summed E-state index contributed by atoms with van der Waals surface area (Å²) in [5.74, 6) is 0.386. The van der Waals surface area contributed by atoms with Crippen LogP contribution in [0.1, 0.15) is 16.7 Å². The molecule has 146 valence electrons. The Morgan fingerprint density at radius 1 is 1.25 bits per heavy atom. The topological polar surface area (TPSA) is 82.4 Å². The van der Waals surface area contributed by atoms with Gasteiger partial charge >= 0.3 is 12.2 Å². The van der Waals surface area contributed by atoms with E-state index in [0.717, 1.165) is 11.1 Å². The van der Waals surface area contributed by atoms with Crippen LogP contribution < -0.4 is 0 Å². The van der Waals surface area contributed by atoms with Crippen LogP contribution in [0.4, 0.5) is 9.59 Å². The fourth-order valence-electron chi connectivity index (χ4n) is 2.84. The molecule has 3 rings (SSSR count). The lowest BCUT2D eigenvalue weighted by Gasteiger charge is -2.19. The molecule has 1 aliphatic rings. The van der Waals surface area contributed by atoms with Crippen LogP contribution in [0.25, 0.3) is 0 Å². The van der Waals surface area contributed by atoms with Gasteiger partial charge in [0.1, 0.15) is 12.4 Å². The van der Waals surface area contributed by atoms with E-state index in [2.05, 4.69) is 4.99 Å². The van der Waals surface area contributed by atoms with Crippen molar-refractivity contribution in [1.82, 2.24) is 9.80 Å². The number of amidine groups is 1. The quantitative estimate of drug-likeness (QED) is 0.824. The third kappa shape index (κ3) is 4.61. The normalized spacial score (nSPS) is 13.2. The Labute approximate surface area is 167 Å². The van der Waals surface area contributed by atoms with Crippen molar-refractivity contribution in [2.45, 2.75) is 13.2 Å². The zero-order valence-corrected chi connectivity index (χ0v) is 16.1. The van der Waals surface area contributed by atoms with E-state index in [4.69, 9.17) is 16.3 Å². The third-order valence-electron chi connectivity index (χ3n) is 4.31. The second kappa shape index (κ2) is 8.75. The zero-order valence-electron chi connectivity index (χ0n) is 15.3. The molecule has 0 saturated carbocycles. The van der Waals surface area contributed by atoms with Gasteiger partial charge in [0.25, 0.3) is 0 Å². The number of aliphatic imine (C=N–C) groups is 1. The van der Waals surface area contributed by atoms with Gasteiger partial charge in [-0.2, -0.15) is 0 Å². The van der Waals surface area contributed by atoms with E-state index in [1.807, 2.05) is 30.3 Å². The number of amides is 2. The van der Waals surface area contributed by atoms with Crippen LogP contribution in [0, 0.1) is 0 Å². The van der Waals surface area contributed by atoms with E-state index in [0.29, 0.717) is 29.5 Å². The first-order chi connectivity index (χ1) is 13.5. The van der Waals surface area contributed by atoms with Crippen molar-refractivity contribution in [3.63, 3.8) is 0 Å². The molecular weight excluding hydrogens is 382 g/mol. The average Bonchev–Trinajstić information content (AvgIpc) is 3.18. The highest BCUT2D eigenvalue weighted by Crippen LogP contribution is 2.22. The lowest BCUT2D eigenvalue weighted by atomic mass is 10.1. The molecule has 2 amide bonds. The van der Waals surface area contributed by atoms with Crippen molar-refractivity contribution >= 4 is 29.6 Å². The summed E-state index contributed by atoms with van der Waals surface area (Å²) in [6.45, 7) is 1.22. The standard InChI is InChI=1S/C20H20ClN3O4/c1-23(20(27)28-13-14-5-3-2-4-6-14)12-16-8-7-15(11-17(16)21)18-22-9-10-24(18)19(25)26/h2-8,11H,9-10,12-13H2,1H3,(H,25,26). The third-order valence-corrected chi connectivity index (χ3v) is 4.66. The number of rotatable bonds is 5. The first-order valence-electron chi connectivity index (χ1n) is 8.71. The molecule has 7 nitrogen and oxygen atoms in total. The maximum absolute atomic E-state index is 12.2.